The van der Waals surface area contributed by atoms with Crippen LogP contribution in [0.15, 0.2) is 73.0 Å². The van der Waals surface area contributed by atoms with Gasteiger partial charge in [-0.15, -0.1) is 0 Å². The molecule has 5 heteroatoms. The van der Waals surface area contributed by atoms with Gasteiger partial charge in [-0.25, -0.2) is 0 Å². The lowest BCUT2D eigenvalue weighted by Gasteiger charge is -2.34. The molecule has 2 heterocycles. The summed E-state index contributed by atoms with van der Waals surface area (Å²) < 4.78 is 3.52. The van der Waals surface area contributed by atoms with Crippen molar-refractivity contribution in [1.29, 1.82) is 0 Å². The van der Waals surface area contributed by atoms with Crippen LogP contribution in [0.3, 0.4) is 0 Å². The fourth-order valence-corrected chi connectivity index (χ4v) is 5.47. The van der Waals surface area contributed by atoms with Crippen LogP contribution in [-0.4, -0.2) is 24.9 Å². The van der Waals surface area contributed by atoms with E-state index in [1.807, 2.05) is 6.92 Å². The predicted molar refractivity (Wildman–Crippen MR) is 145 cm³/mol. The van der Waals surface area contributed by atoms with E-state index in [1.54, 1.807) is 11.3 Å². The molecule has 0 bridgehead atoms. The molecule has 0 radical (unpaired) electrons. The van der Waals surface area contributed by atoms with Crippen LogP contribution < -0.4 is 14.8 Å². The van der Waals surface area contributed by atoms with E-state index < -0.39 is 0 Å². The maximum atomic E-state index is 13.1. The summed E-state index contributed by atoms with van der Waals surface area (Å²) >= 11 is 1.79. The Labute approximate surface area is 206 Å². The Bertz CT molecular complexity index is 1240. The van der Waals surface area contributed by atoms with Gasteiger partial charge in [0, 0.05) is 29.6 Å². The first-order chi connectivity index (χ1) is 16.6. The molecule has 34 heavy (non-hydrogen) atoms. The van der Waals surface area contributed by atoms with Gasteiger partial charge in [0.1, 0.15) is 11.7 Å². The van der Waals surface area contributed by atoms with Crippen molar-refractivity contribution in [1.82, 2.24) is 5.32 Å². The molecule has 1 unspecified atom stereocenters. The van der Waals surface area contributed by atoms with E-state index in [9.17, 15) is 4.79 Å². The molecule has 1 atom stereocenters. The number of carbonyl (C=O) groups excluding carboxylic acids is 1. The molecule has 176 valence electrons. The number of nitrogens with one attached hydrogen (secondary N) is 1. The smallest absolute Gasteiger partial charge is 0.262 e. The lowest BCUT2D eigenvalue weighted by molar-refractivity contribution is -0.642. The Balaban J connectivity index is 1.62. The van der Waals surface area contributed by atoms with Crippen LogP contribution in [0, 0.1) is 0 Å². The van der Waals surface area contributed by atoms with Crippen LogP contribution in [0.1, 0.15) is 43.7 Å². The number of hydrogen-bond donors (Lipinski definition) is 1. The SMILES string of the molecule is CCCCC(C(=O)CNCC)N1C=CC(=CC=Cc2sc3ccccc3[n+]2C)c2ccccc21. The third-order valence-corrected chi connectivity index (χ3v) is 7.47. The van der Waals surface area contributed by atoms with E-state index in [0.717, 1.165) is 42.6 Å². The second kappa shape index (κ2) is 11.4. The van der Waals surface area contributed by atoms with Crippen LogP contribution in [0.5, 0.6) is 0 Å². The van der Waals surface area contributed by atoms with Gasteiger partial charge in [-0.1, -0.05) is 80.5 Å². The molecule has 0 spiro atoms. The molecule has 4 rings (SSSR count). The summed E-state index contributed by atoms with van der Waals surface area (Å²) in [5.41, 5.74) is 4.66. The average Bonchev–Trinajstić information content (AvgIpc) is 3.19. The Morgan fingerprint density at radius 1 is 1.15 bits per heavy atom. The van der Waals surface area contributed by atoms with E-state index in [4.69, 9.17) is 0 Å². The summed E-state index contributed by atoms with van der Waals surface area (Å²) in [4.78, 5) is 15.2. The number of unbranched alkanes of at least 4 members (excludes halogenated alkanes) is 1. The van der Waals surface area contributed by atoms with Crippen molar-refractivity contribution in [3.63, 3.8) is 0 Å². The summed E-state index contributed by atoms with van der Waals surface area (Å²) in [5.74, 6) is 0.249. The van der Waals surface area contributed by atoms with Crippen LogP contribution in [-0.2, 0) is 11.8 Å². The molecule has 0 fully saturated rings. The van der Waals surface area contributed by atoms with E-state index in [1.165, 1.54) is 15.2 Å². The highest BCUT2D eigenvalue weighted by Crippen LogP contribution is 2.35. The summed E-state index contributed by atoms with van der Waals surface area (Å²) in [6.07, 6.45) is 13.7. The minimum absolute atomic E-state index is 0.147. The number of nitrogens with zero attached hydrogens (tertiary/aromatic N) is 2. The second-order valence-electron chi connectivity index (χ2n) is 8.59. The Morgan fingerprint density at radius 3 is 2.74 bits per heavy atom. The maximum absolute atomic E-state index is 13.1. The number of aryl methyl sites for hydroxylation is 1. The third kappa shape index (κ3) is 5.21. The number of benzene rings is 2. The van der Waals surface area contributed by atoms with Crippen LogP contribution in [0.4, 0.5) is 5.69 Å². The fraction of sp³-hybridized carbons (Fsp3) is 0.310. The number of aromatic nitrogens is 1. The Morgan fingerprint density at radius 2 is 1.94 bits per heavy atom. The first-order valence-corrected chi connectivity index (χ1v) is 13.0. The highest BCUT2D eigenvalue weighted by atomic mass is 32.1. The van der Waals surface area contributed by atoms with Gasteiger partial charge in [0.05, 0.1) is 12.6 Å². The van der Waals surface area contributed by atoms with Crippen LogP contribution in [0.2, 0.25) is 0 Å². The number of para-hydroxylation sites is 2. The lowest BCUT2D eigenvalue weighted by atomic mass is 9.95. The molecule has 1 N–H and O–H groups in total. The molecular weight excluding hydrogens is 438 g/mol. The topological polar surface area (TPSA) is 36.2 Å². The molecule has 1 aliphatic rings. The van der Waals surface area contributed by atoms with E-state index >= 15 is 0 Å². The van der Waals surface area contributed by atoms with Gasteiger partial charge in [-0.05, 0) is 36.7 Å². The first kappa shape index (κ1) is 24.1. The molecule has 4 nitrogen and oxygen atoms in total. The monoisotopic (exact) mass is 472 g/mol. The molecule has 3 aromatic rings. The van der Waals surface area contributed by atoms with Crippen LogP contribution in [0.25, 0.3) is 21.9 Å². The summed E-state index contributed by atoms with van der Waals surface area (Å²) in [6.45, 7) is 5.42. The van der Waals surface area contributed by atoms with Crippen molar-refractivity contribution in [3.05, 3.63) is 83.5 Å². The minimum atomic E-state index is -0.147. The average molecular weight is 473 g/mol. The molecule has 0 aliphatic carbocycles. The Hall–Kier alpha value is -3.02. The van der Waals surface area contributed by atoms with Crippen molar-refractivity contribution >= 4 is 44.7 Å². The molecule has 1 aromatic heterocycles. The van der Waals surface area contributed by atoms with Crippen molar-refractivity contribution in [2.24, 2.45) is 7.05 Å². The maximum Gasteiger partial charge on any atom is 0.262 e. The van der Waals surface area contributed by atoms with E-state index in [0.29, 0.717) is 6.54 Å². The number of ketones is 1. The van der Waals surface area contributed by atoms with Gasteiger partial charge >= 0.3 is 0 Å². The van der Waals surface area contributed by atoms with Gasteiger partial charge in [0.25, 0.3) is 5.01 Å². The minimum Gasteiger partial charge on any atom is -0.337 e. The Kier molecular flexibility index (Phi) is 8.09. The number of likely N-dealkylation sites (N-methyl/N-ethyl adjacent to an activating group) is 1. The van der Waals surface area contributed by atoms with Crippen molar-refractivity contribution in [2.45, 2.75) is 39.2 Å². The lowest BCUT2D eigenvalue weighted by Crippen LogP contribution is -2.43. The molecule has 0 amide bonds. The standard InChI is InChI=1S/C29H34N3OS/c1-4-6-14-25(27(33)21-30-5-2)32-20-19-22(23-13-7-8-15-24(23)32)12-11-18-29-31(3)26-16-9-10-17-28(26)34-29/h7-13,15-20,25,30H,4-6,14,21H2,1-3H3/q+1. The molecule has 2 aromatic carbocycles. The summed E-state index contributed by atoms with van der Waals surface area (Å²) in [6, 6.07) is 16.7. The number of Topliss-reactive ketones (excluding diaryl/α,β-unsaturated/α-hetero) is 1. The van der Waals surface area contributed by atoms with Crippen LogP contribution >= 0.6 is 11.3 Å². The van der Waals surface area contributed by atoms with Gasteiger partial charge in [0.15, 0.2) is 5.78 Å². The number of allylic oxidation sites excluding steroid dienone is 4. The van der Waals surface area contributed by atoms with E-state index in [2.05, 4.69) is 108 Å². The highest BCUT2D eigenvalue weighted by molar-refractivity contribution is 7.18. The zero-order chi connectivity index (χ0) is 23.9. The highest BCUT2D eigenvalue weighted by Gasteiger charge is 2.27. The number of fused-ring (bicyclic) bond motifs is 2. The third-order valence-electron chi connectivity index (χ3n) is 6.28. The normalized spacial score (nSPS) is 15.4. The number of carbonyl (C=O) groups is 1. The first-order valence-electron chi connectivity index (χ1n) is 12.2. The van der Waals surface area contributed by atoms with Crippen molar-refractivity contribution in [3.8, 4) is 0 Å². The molecule has 0 saturated heterocycles. The predicted octanol–water partition coefficient (Wildman–Crippen LogP) is 5.89. The largest absolute Gasteiger partial charge is 0.337 e. The van der Waals surface area contributed by atoms with Gasteiger partial charge in [-0.2, -0.15) is 4.57 Å². The molecule has 0 saturated carbocycles. The zero-order valence-corrected chi connectivity index (χ0v) is 21.1. The molecule has 1 aliphatic heterocycles. The van der Waals surface area contributed by atoms with Gasteiger partial charge < -0.3 is 10.2 Å². The summed E-state index contributed by atoms with van der Waals surface area (Å²) in [7, 11) is 2.11. The van der Waals surface area contributed by atoms with Crippen molar-refractivity contribution < 1.29 is 9.36 Å². The van der Waals surface area contributed by atoms with E-state index in [-0.39, 0.29) is 11.8 Å². The quantitative estimate of drug-likeness (QED) is 0.374. The number of anilines is 1. The fourth-order valence-electron chi connectivity index (χ4n) is 4.41. The molecular formula is C29H34N3OS+. The number of thiazole rings is 1. The number of hydrogen-bond acceptors (Lipinski definition) is 4. The second-order valence-corrected chi connectivity index (χ2v) is 9.66. The van der Waals surface area contributed by atoms with Crippen molar-refractivity contribution in [2.75, 3.05) is 18.0 Å². The van der Waals surface area contributed by atoms with Gasteiger partial charge in [-0.3, -0.25) is 4.79 Å². The van der Waals surface area contributed by atoms with Gasteiger partial charge in [0.2, 0.25) is 5.52 Å². The summed E-state index contributed by atoms with van der Waals surface area (Å²) in [5, 5.41) is 4.42. The number of rotatable bonds is 10. The zero-order valence-electron chi connectivity index (χ0n) is 20.3.